The third-order valence-electron chi connectivity index (χ3n) is 4.47. The first kappa shape index (κ1) is 18.7. The Morgan fingerprint density at radius 3 is 2.63 bits per heavy atom. The van der Waals surface area contributed by atoms with Crippen molar-refractivity contribution in [2.24, 2.45) is 5.16 Å². The number of methoxy groups -OCH3 is 2. The van der Waals surface area contributed by atoms with E-state index in [1.807, 2.05) is 0 Å². The number of nitro groups is 1. The molecular weight excluding hydrogens is 372 g/mol. The van der Waals surface area contributed by atoms with Gasteiger partial charge in [-0.3, -0.25) is 10.1 Å². The van der Waals surface area contributed by atoms with E-state index in [4.69, 9.17) is 21.1 Å². The number of benzene rings is 2. The van der Waals surface area contributed by atoms with Crippen molar-refractivity contribution in [2.75, 3.05) is 14.2 Å². The second kappa shape index (κ2) is 7.67. The van der Waals surface area contributed by atoms with E-state index >= 15 is 0 Å². The van der Waals surface area contributed by atoms with E-state index < -0.39 is 4.92 Å². The predicted octanol–water partition coefficient (Wildman–Crippen LogP) is 4.47. The number of hydrogen-bond acceptors (Lipinski definition) is 6. The molecule has 2 aromatic rings. The normalized spacial score (nSPS) is 16.3. The molecular formula is C19H17ClN2O5. The number of halogens is 1. The summed E-state index contributed by atoms with van der Waals surface area (Å²) in [5, 5.41) is 24.4. The van der Waals surface area contributed by atoms with Crippen LogP contribution in [0, 0.1) is 10.1 Å². The van der Waals surface area contributed by atoms with Crippen molar-refractivity contribution in [1.29, 1.82) is 0 Å². The van der Waals surface area contributed by atoms with Crippen LogP contribution in [0.3, 0.4) is 0 Å². The molecule has 0 aromatic heterocycles. The first-order valence-electron chi connectivity index (χ1n) is 8.11. The molecule has 0 bridgehead atoms. The maximum Gasteiger partial charge on any atom is 0.270 e. The van der Waals surface area contributed by atoms with Crippen LogP contribution < -0.4 is 9.47 Å². The number of non-ortho nitro benzene ring substituents is 1. The molecule has 3 rings (SSSR count). The van der Waals surface area contributed by atoms with Gasteiger partial charge in [0.05, 0.1) is 24.2 Å². The van der Waals surface area contributed by atoms with Gasteiger partial charge >= 0.3 is 0 Å². The number of fused-ring (bicyclic) bond motifs is 1. The number of hydrogen-bond donors (Lipinski definition) is 1. The molecule has 0 saturated heterocycles. The number of ether oxygens (including phenoxy) is 2. The van der Waals surface area contributed by atoms with Gasteiger partial charge in [0.1, 0.15) is 5.71 Å². The number of oxime groups is 1. The SMILES string of the molecule is COc1ccc(/C=C2\CCc3ccc([N+](=O)[O-])cc3\C2=N\O)c(Cl)c1OC. The molecule has 0 radical (unpaired) electrons. The van der Waals surface area contributed by atoms with Crippen LogP contribution in [-0.2, 0) is 6.42 Å². The molecule has 0 saturated carbocycles. The van der Waals surface area contributed by atoms with E-state index in [0.29, 0.717) is 46.2 Å². The topological polar surface area (TPSA) is 94.2 Å². The standard InChI is InChI=1S/C19H17ClN2O5/c1-26-16-8-6-12(17(20)19(16)27-2)9-13-4-3-11-5-7-14(22(24)25)10-15(11)18(13)21-23/h5-10,23H,3-4H2,1-2H3/b13-9+,21-18+. The summed E-state index contributed by atoms with van der Waals surface area (Å²) < 4.78 is 10.5. The Morgan fingerprint density at radius 1 is 1.22 bits per heavy atom. The van der Waals surface area contributed by atoms with Crippen LogP contribution in [0.1, 0.15) is 23.1 Å². The summed E-state index contributed by atoms with van der Waals surface area (Å²) in [6, 6.07) is 8.07. The molecule has 0 unspecified atom stereocenters. The first-order valence-corrected chi connectivity index (χ1v) is 8.49. The van der Waals surface area contributed by atoms with Crippen molar-refractivity contribution in [3.63, 3.8) is 0 Å². The molecule has 0 fully saturated rings. The fourth-order valence-electron chi connectivity index (χ4n) is 3.14. The zero-order valence-electron chi connectivity index (χ0n) is 14.7. The van der Waals surface area contributed by atoms with E-state index in [1.165, 1.54) is 26.4 Å². The number of nitrogens with zero attached hydrogens (tertiary/aromatic N) is 2. The summed E-state index contributed by atoms with van der Waals surface area (Å²) in [4.78, 5) is 10.6. The molecule has 0 heterocycles. The molecule has 8 heteroatoms. The lowest BCUT2D eigenvalue weighted by Crippen LogP contribution is -2.15. The number of allylic oxidation sites excluding steroid dienone is 1. The van der Waals surface area contributed by atoms with Crippen molar-refractivity contribution in [2.45, 2.75) is 12.8 Å². The second-order valence-electron chi connectivity index (χ2n) is 5.92. The van der Waals surface area contributed by atoms with Crippen molar-refractivity contribution in [1.82, 2.24) is 0 Å². The fourth-order valence-corrected chi connectivity index (χ4v) is 3.43. The average molecular weight is 389 g/mol. The highest BCUT2D eigenvalue weighted by Gasteiger charge is 2.24. The molecule has 0 aliphatic heterocycles. The van der Waals surface area contributed by atoms with Gasteiger partial charge in [-0.15, -0.1) is 0 Å². The number of aryl methyl sites for hydroxylation is 1. The molecule has 0 spiro atoms. The van der Waals surface area contributed by atoms with E-state index in [0.717, 1.165) is 11.1 Å². The molecule has 0 atom stereocenters. The molecule has 1 aliphatic rings. The zero-order chi connectivity index (χ0) is 19.6. The van der Waals surface area contributed by atoms with Crippen LogP contribution in [0.15, 0.2) is 41.1 Å². The molecule has 1 aliphatic carbocycles. The molecule has 7 nitrogen and oxygen atoms in total. The van der Waals surface area contributed by atoms with Crippen LogP contribution in [-0.4, -0.2) is 30.1 Å². The minimum atomic E-state index is -0.474. The first-order chi connectivity index (χ1) is 13.0. The van der Waals surface area contributed by atoms with E-state index in [9.17, 15) is 15.3 Å². The highest BCUT2D eigenvalue weighted by Crippen LogP contribution is 2.39. The van der Waals surface area contributed by atoms with Crippen LogP contribution in [0.5, 0.6) is 11.5 Å². The van der Waals surface area contributed by atoms with Gasteiger partial charge in [0.25, 0.3) is 5.69 Å². The van der Waals surface area contributed by atoms with E-state index in [1.54, 1.807) is 24.3 Å². The van der Waals surface area contributed by atoms with Crippen LogP contribution >= 0.6 is 11.6 Å². The van der Waals surface area contributed by atoms with Gasteiger partial charge < -0.3 is 14.7 Å². The van der Waals surface area contributed by atoms with Gasteiger partial charge in [-0.2, -0.15) is 0 Å². The van der Waals surface area contributed by atoms with Crippen LogP contribution in [0.4, 0.5) is 5.69 Å². The van der Waals surface area contributed by atoms with Crippen molar-refractivity contribution in [3.8, 4) is 11.5 Å². The van der Waals surface area contributed by atoms with E-state index in [2.05, 4.69) is 5.16 Å². The summed E-state index contributed by atoms with van der Waals surface area (Å²) >= 11 is 6.43. The minimum Gasteiger partial charge on any atom is -0.493 e. The van der Waals surface area contributed by atoms with Gasteiger partial charge in [-0.05, 0) is 47.8 Å². The highest BCUT2D eigenvalue weighted by molar-refractivity contribution is 6.34. The highest BCUT2D eigenvalue weighted by atomic mass is 35.5. The minimum absolute atomic E-state index is 0.0553. The Morgan fingerprint density at radius 2 is 2.00 bits per heavy atom. The van der Waals surface area contributed by atoms with Gasteiger partial charge in [-0.25, -0.2) is 0 Å². The van der Waals surface area contributed by atoms with Gasteiger partial charge in [0.15, 0.2) is 11.5 Å². The Balaban J connectivity index is 2.08. The van der Waals surface area contributed by atoms with Crippen molar-refractivity contribution >= 4 is 29.1 Å². The molecule has 2 aromatic carbocycles. The summed E-state index contributed by atoms with van der Waals surface area (Å²) in [5.41, 5.74) is 3.06. The quantitative estimate of drug-likeness (QED) is 0.473. The lowest BCUT2D eigenvalue weighted by Gasteiger charge is -2.20. The second-order valence-corrected chi connectivity index (χ2v) is 6.30. The van der Waals surface area contributed by atoms with Gasteiger partial charge in [0.2, 0.25) is 0 Å². The Hall–Kier alpha value is -3.06. The fraction of sp³-hybridized carbons (Fsp3) is 0.211. The molecule has 1 N–H and O–H groups in total. The molecule has 140 valence electrons. The summed E-state index contributed by atoms with van der Waals surface area (Å²) in [7, 11) is 3.02. The zero-order valence-corrected chi connectivity index (χ0v) is 15.5. The Bertz CT molecular complexity index is 969. The average Bonchev–Trinajstić information content (AvgIpc) is 2.68. The van der Waals surface area contributed by atoms with Gasteiger partial charge in [0, 0.05) is 17.7 Å². The number of nitro benzene ring substituents is 1. The summed E-state index contributed by atoms with van der Waals surface area (Å²) in [6.45, 7) is 0. The van der Waals surface area contributed by atoms with Crippen molar-refractivity contribution in [3.05, 3.63) is 67.7 Å². The largest absolute Gasteiger partial charge is 0.493 e. The lowest BCUT2D eigenvalue weighted by atomic mass is 9.85. The predicted molar refractivity (Wildman–Crippen MR) is 102 cm³/mol. The third kappa shape index (κ3) is 3.46. The maximum atomic E-state index is 11.1. The Kier molecular flexibility index (Phi) is 5.32. The van der Waals surface area contributed by atoms with Crippen LogP contribution in [0.2, 0.25) is 5.02 Å². The molecule has 27 heavy (non-hydrogen) atoms. The monoisotopic (exact) mass is 388 g/mol. The van der Waals surface area contributed by atoms with Gasteiger partial charge in [-0.1, -0.05) is 22.8 Å². The Labute approximate surface area is 160 Å². The van der Waals surface area contributed by atoms with E-state index in [-0.39, 0.29) is 5.69 Å². The smallest absolute Gasteiger partial charge is 0.270 e. The molecule has 0 amide bonds. The maximum absolute atomic E-state index is 11.1. The van der Waals surface area contributed by atoms with Crippen molar-refractivity contribution < 1.29 is 19.6 Å². The number of rotatable bonds is 4. The van der Waals surface area contributed by atoms with Crippen LogP contribution in [0.25, 0.3) is 6.08 Å². The third-order valence-corrected chi connectivity index (χ3v) is 4.86. The lowest BCUT2D eigenvalue weighted by molar-refractivity contribution is -0.384. The summed E-state index contributed by atoms with van der Waals surface area (Å²) in [6.07, 6.45) is 3.07. The summed E-state index contributed by atoms with van der Waals surface area (Å²) in [5.74, 6) is 0.910.